The summed E-state index contributed by atoms with van der Waals surface area (Å²) in [6, 6.07) is 5.80. The Labute approximate surface area is 109 Å². The minimum absolute atomic E-state index is 0.0844. The lowest BCUT2D eigenvalue weighted by Gasteiger charge is -2.32. The van der Waals surface area contributed by atoms with E-state index in [1.807, 2.05) is 18.2 Å². The van der Waals surface area contributed by atoms with Crippen LogP contribution in [0, 0.1) is 5.92 Å². The molecule has 0 aliphatic carbocycles. The van der Waals surface area contributed by atoms with E-state index >= 15 is 0 Å². The fourth-order valence-electron chi connectivity index (χ4n) is 2.58. The second-order valence-corrected chi connectivity index (χ2v) is 5.63. The van der Waals surface area contributed by atoms with Crippen molar-refractivity contribution < 1.29 is 14.6 Å². The molecule has 3 nitrogen and oxygen atoms in total. The summed E-state index contributed by atoms with van der Waals surface area (Å²) in [5.41, 5.74) is 0.884. The summed E-state index contributed by atoms with van der Waals surface area (Å²) in [6.07, 6.45) is 1.35. The molecule has 2 aliphatic heterocycles. The first-order valence-electron chi connectivity index (χ1n) is 5.96. The number of hydrogen-bond acceptors (Lipinski definition) is 3. The Kier molecular flexibility index (Phi) is 3.11. The topological polar surface area (TPSA) is 38.7 Å². The molecule has 0 bridgehead atoms. The first-order valence-corrected chi connectivity index (χ1v) is 6.75. The number of hydrogen-bond donors (Lipinski definition) is 1. The van der Waals surface area contributed by atoms with Crippen molar-refractivity contribution in [2.24, 2.45) is 5.92 Å². The van der Waals surface area contributed by atoms with E-state index in [1.165, 1.54) is 0 Å². The summed E-state index contributed by atoms with van der Waals surface area (Å²) >= 11 is 3.41. The minimum atomic E-state index is -0.429. The molecule has 0 saturated carbocycles. The van der Waals surface area contributed by atoms with Gasteiger partial charge in [-0.15, -0.1) is 0 Å². The predicted molar refractivity (Wildman–Crippen MR) is 67.1 cm³/mol. The van der Waals surface area contributed by atoms with Crippen molar-refractivity contribution in [3.8, 4) is 5.75 Å². The summed E-state index contributed by atoms with van der Waals surface area (Å²) in [5, 5.41) is 10.2. The van der Waals surface area contributed by atoms with Crippen LogP contribution in [0.15, 0.2) is 22.7 Å². The quantitative estimate of drug-likeness (QED) is 0.866. The van der Waals surface area contributed by atoms with Crippen molar-refractivity contribution in [1.82, 2.24) is 0 Å². The van der Waals surface area contributed by atoms with E-state index in [0.717, 1.165) is 35.4 Å². The van der Waals surface area contributed by atoms with E-state index in [2.05, 4.69) is 15.9 Å². The van der Waals surface area contributed by atoms with Crippen molar-refractivity contribution in [3.05, 3.63) is 28.2 Å². The fraction of sp³-hybridized carbons (Fsp3) is 0.538. The van der Waals surface area contributed by atoms with Gasteiger partial charge < -0.3 is 14.6 Å². The number of rotatable bonds is 1. The summed E-state index contributed by atoms with van der Waals surface area (Å²) in [6.45, 7) is 1.57. The molecule has 2 unspecified atom stereocenters. The molecular weight excluding hydrogens is 284 g/mol. The number of aliphatic hydroxyl groups excluding tert-OH is 1. The lowest BCUT2D eigenvalue weighted by Crippen LogP contribution is -2.33. The molecule has 4 heteroatoms. The summed E-state index contributed by atoms with van der Waals surface area (Å²) < 4.78 is 12.3. The third-order valence-corrected chi connectivity index (χ3v) is 4.05. The second-order valence-electron chi connectivity index (χ2n) is 4.71. The van der Waals surface area contributed by atoms with Crippen molar-refractivity contribution in [1.29, 1.82) is 0 Å². The van der Waals surface area contributed by atoms with Gasteiger partial charge in [0.15, 0.2) is 0 Å². The monoisotopic (exact) mass is 298 g/mol. The van der Waals surface area contributed by atoms with E-state index in [9.17, 15) is 5.11 Å². The lowest BCUT2D eigenvalue weighted by atomic mass is 9.91. The average molecular weight is 299 g/mol. The number of benzene rings is 1. The molecule has 2 heterocycles. The normalized spacial score (nSPS) is 32.0. The van der Waals surface area contributed by atoms with Crippen LogP contribution in [0.1, 0.15) is 24.5 Å². The summed E-state index contributed by atoms with van der Waals surface area (Å²) in [7, 11) is 0. The first-order chi connectivity index (χ1) is 8.24. The molecule has 0 radical (unpaired) electrons. The van der Waals surface area contributed by atoms with Crippen LogP contribution < -0.4 is 4.74 Å². The van der Waals surface area contributed by atoms with E-state index in [1.54, 1.807) is 0 Å². The average Bonchev–Trinajstić information content (AvgIpc) is 2.83. The van der Waals surface area contributed by atoms with Crippen LogP contribution in [-0.4, -0.2) is 24.4 Å². The van der Waals surface area contributed by atoms with Gasteiger partial charge in [-0.3, -0.25) is 0 Å². The van der Waals surface area contributed by atoms with Crippen LogP contribution in [0.25, 0.3) is 0 Å². The number of ether oxygens (including phenoxy) is 2. The zero-order chi connectivity index (χ0) is 11.8. The van der Waals surface area contributed by atoms with Gasteiger partial charge in [-0.2, -0.15) is 0 Å². The third-order valence-electron chi connectivity index (χ3n) is 3.56. The maximum absolute atomic E-state index is 10.2. The highest BCUT2D eigenvalue weighted by Crippen LogP contribution is 2.39. The molecule has 1 aromatic rings. The SMILES string of the molecule is O[C@H]1CC(C2CCOC2)Oc2ccc(Br)cc21. The van der Waals surface area contributed by atoms with Crippen molar-refractivity contribution in [3.63, 3.8) is 0 Å². The molecule has 1 aromatic carbocycles. The molecule has 92 valence electrons. The van der Waals surface area contributed by atoms with Gasteiger partial charge in [0, 0.05) is 29.0 Å². The fourth-order valence-corrected chi connectivity index (χ4v) is 2.96. The van der Waals surface area contributed by atoms with Crippen LogP contribution in [-0.2, 0) is 4.74 Å². The van der Waals surface area contributed by atoms with Gasteiger partial charge >= 0.3 is 0 Å². The van der Waals surface area contributed by atoms with E-state index < -0.39 is 6.10 Å². The van der Waals surface area contributed by atoms with Gasteiger partial charge in [0.2, 0.25) is 0 Å². The van der Waals surface area contributed by atoms with Gasteiger partial charge in [0.05, 0.1) is 12.7 Å². The van der Waals surface area contributed by atoms with Gasteiger partial charge in [-0.1, -0.05) is 15.9 Å². The van der Waals surface area contributed by atoms with Crippen LogP contribution >= 0.6 is 15.9 Å². The molecule has 17 heavy (non-hydrogen) atoms. The standard InChI is InChI=1S/C13H15BrO3/c14-9-1-2-12-10(5-9)11(15)6-13(17-12)8-3-4-16-7-8/h1-2,5,8,11,13,15H,3-4,6-7H2/t8?,11-,13?/m0/s1. The number of aliphatic hydroxyl groups is 1. The molecule has 3 atom stereocenters. The Morgan fingerprint density at radius 2 is 2.24 bits per heavy atom. The Balaban J connectivity index is 1.84. The van der Waals surface area contributed by atoms with E-state index in [0.29, 0.717) is 12.3 Å². The number of halogens is 1. The lowest BCUT2D eigenvalue weighted by molar-refractivity contribution is 0.0302. The third kappa shape index (κ3) is 2.21. The van der Waals surface area contributed by atoms with Crippen LogP contribution in [0.3, 0.4) is 0 Å². The van der Waals surface area contributed by atoms with Crippen molar-refractivity contribution >= 4 is 15.9 Å². The molecular formula is C13H15BrO3. The molecule has 0 amide bonds. The minimum Gasteiger partial charge on any atom is -0.490 e. The largest absolute Gasteiger partial charge is 0.490 e. The molecule has 3 rings (SSSR count). The van der Waals surface area contributed by atoms with Crippen molar-refractivity contribution in [2.45, 2.75) is 25.0 Å². The molecule has 1 N–H and O–H groups in total. The maximum atomic E-state index is 10.2. The van der Waals surface area contributed by atoms with E-state index in [-0.39, 0.29) is 6.10 Å². The van der Waals surface area contributed by atoms with Gasteiger partial charge in [0.25, 0.3) is 0 Å². The summed E-state index contributed by atoms with van der Waals surface area (Å²) in [5.74, 6) is 1.23. The maximum Gasteiger partial charge on any atom is 0.125 e. The van der Waals surface area contributed by atoms with Gasteiger partial charge in [-0.05, 0) is 24.6 Å². The van der Waals surface area contributed by atoms with Gasteiger partial charge in [0.1, 0.15) is 11.9 Å². The van der Waals surface area contributed by atoms with Crippen LogP contribution in [0.2, 0.25) is 0 Å². The highest BCUT2D eigenvalue weighted by atomic mass is 79.9. The van der Waals surface area contributed by atoms with Crippen LogP contribution in [0.4, 0.5) is 0 Å². The Hall–Kier alpha value is -0.580. The molecule has 1 fully saturated rings. The highest BCUT2D eigenvalue weighted by Gasteiger charge is 2.34. The highest BCUT2D eigenvalue weighted by molar-refractivity contribution is 9.10. The van der Waals surface area contributed by atoms with Crippen LogP contribution in [0.5, 0.6) is 5.75 Å². The molecule has 2 aliphatic rings. The van der Waals surface area contributed by atoms with Gasteiger partial charge in [-0.25, -0.2) is 0 Å². The van der Waals surface area contributed by atoms with E-state index in [4.69, 9.17) is 9.47 Å². The zero-order valence-corrected chi connectivity index (χ0v) is 11.0. The smallest absolute Gasteiger partial charge is 0.125 e. The van der Waals surface area contributed by atoms with Crippen molar-refractivity contribution in [2.75, 3.05) is 13.2 Å². The zero-order valence-electron chi connectivity index (χ0n) is 9.43. The molecule has 1 saturated heterocycles. The Bertz CT molecular complexity index is 415. The summed E-state index contributed by atoms with van der Waals surface area (Å²) in [4.78, 5) is 0. The predicted octanol–water partition coefficient (Wildman–Crippen LogP) is 2.67. The Morgan fingerprint density at radius 1 is 1.35 bits per heavy atom. The molecule has 0 spiro atoms. The first kappa shape index (κ1) is 11.5. The Morgan fingerprint density at radius 3 is 3.00 bits per heavy atom. The number of fused-ring (bicyclic) bond motifs is 1. The second kappa shape index (κ2) is 4.59. The molecule has 0 aromatic heterocycles.